The number of carbonyl (C=O) groups is 2. The Hall–Kier alpha value is -1.06. The lowest BCUT2D eigenvalue weighted by Gasteiger charge is -2.19. The Balaban J connectivity index is 2.51. The summed E-state index contributed by atoms with van der Waals surface area (Å²) in [7, 11) is 0. The van der Waals surface area contributed by atoms with Crippen LogP contribution in [0.5, 0.6) is 0 Å². The first-order valence-corrected chi connectivity index (χ1v) is 5.30. The van der Waals surface area contributed by atoms with Gasteiger partial charge in [0.15, 0.2) is 0 Å². The fourth-order valence-electron chi connectivity index (χ4n) is 1.84. The van der Waals surface area contributed by atoms with Gasteiger partial charge in [-0.25, -0.2) is 4.79 Å². The highest BCUT2D eigenvalue weighted by molar-refractivity contribution is 6.04. The van der Waals surface area contributed by atoms with Crippen LogP contribution in [0, 0.1) is 5.92 Å². The number of nitrogens with one attached hydrogen (secondary N) is 2. The number of urea groups is 1. The number of amides is 3. The fraction of sp³-hybridized carbons (Fsp3) is 0.800. The molecule has 0 spiro atoms. The van der Waals surface area contributed by atoms with Crippen LogP contribution >= 0.6 is 0 Å². The van der Waals surface area contributed by atoms with Crippen molar-refractivity contribution in [2.24, 2.45) is 5.92 Å². The molecule has 1 heterocycles. The molecular formula is C10H18N2O2. The maximum atomic E-state index is 11.4. The van der Waals surface area contributed by atoms with Crippen LogP contribution in [0.4, 0.5) is 4.79 Å². The third-order valence-corrected chi connectivity index (χ3v) is 2.73. The van der Waals surface area contributed by atoms with Gasteiger partial charge in [0, 0.05) is 0 Å². The van der Waals surface area contributed by atoms with Gasteiger partial charge in [-0.3, -0.25) is 10.1 Å². The zero-order valence-corrected chi connectivity index (χ0v) is 8.80. The highest BCUT2D eigenvalue weighted by atomic mass is 16.2. The summed E-state index contributed by atoms with van der Waals surface area (Å²) in [6.45, 7) is 4.18. The van der Waals surface area contributed by atoms with Crippen molar-refractivity contribution in [3.8, 4) is 0 Å². The lowest BCUT2D eigenvalue weighted by molar-refractivity contribution is -0.121. The molecule has 80 valence electrons. The molecular weight excluding hydrogens is 180 g/mol. The van der Waals surface area contributed by atoms with Crippen LogP contribution in [0.1, 0.15) is 39.5 Å². The van der Waals surface area contributed by atoms with Gasteiger partial charge >= 0.3 is 6.03 Å². The lowest BCUT2D eigenvalue weighted by Crippen LogP contribution is -2.36. The normalized spacial score (nSPS) is 23.1. The molecule has 0 aliphatic carbocycles. The number of rotatable bonds is 5. The van der Waals surface area contributed by atoms with Gasteiger partial charge in [0.25, 0.3) is 5.91 Å². The summed E-state index contributed by atoms with van der Waals surface area (Å²) in [5, 5.41) is 4.93. The maximum absolute atomic E-state index is 11.4. The van der Waals surface area contributed by atoms with Crippen molar-refractivity contribution in [3.05, 3.63) is 0 Å². The van der Waals surface area contributed by atoms with E-state index < -0.39 is 0 Å². The summed E-state index contributed by atoms with van der Waals surface area (Å²) < 4.78 is 0. The van der Waals surface area contributed by atoms with Crippen LogP contribution < -0.4 is 10.6 Å². The minimum absolute atomic E-state index is 0.169. The average molecular weight is 198 g/mol. The molecule has 1 saturated heterocycles. The van der Waals surface area contributed by atoms with E-state index in [2.05, 4.69) is 24.5 Å². The van der Waals surface area contributed by atoms with Crippen molar-refractivity contribution < 1.29 is 9.59 Å². The van der Waals surface area contributed by atoms with Crippen LogP contribution in [0.2, 0.25) is 0 Å². The molecule has 14 heavy (non-hydrogen) atoms. The molecule has 0 aromatic carbocycles. The minimum Gasteiger partial charge on any atom is -0.326 e. The summed E-state index contributed by atoms with van der Waals surface area (Å²) >= 11 is 0. The van der Waals surface area contributed by atoms with E-state index in [0.29, 0.717) is 0 Å². The smallest absolute Gasteiger partial charge is 0.322 e. The molecule has 0 aromatic rings. The van der Waals surface area contributed by atoms with Crippen LogP contribution in [0.3, 0.4) is 0 Å². The number of unbranched alkanes of at least 4 members (excludes halogenated alkanes) is 1. The number of imide groups is 1. The van der Waals surface area contributed by atoms with Gasteiger partial charge < -0.3 is 5.32 Å². The predicted octanol–water partition coefficient (Wildman–Crippen LogP) is 1.41. The van der Waals surface area contributed by atoms with Gasteiger partial charge in [0.05, 0.1) is 0 Å². The SMILES string of the molecule is CCCCC(CC)C1NC(=O)NC1=O. The topological polar surface area (TPSA) is 58.2 Å². The second kappa shape index (κ2) is 4.98. The molecule has 0 saturated carbocycles. The van der Waals surface area contributed by atoms with Crippen LogP contribution in [-0.2, 0) is 4.79 Å². The summed E-state index contributed by atoms with van der Waals surface area (Å²) in [6, 6.07) is -0.658. The van der Waals surface area contributed by atoms with Crippen molar-refractivity contribution in [1.29, 1.82) is 0 Å². The highest BCUT2D eigenvalue weighted by Crippen LogP contribution is 2.18. The Morgan fingerprint density at radius 3 is 2.50 bits per heavy atom. The Morgan fingerprint density at radius 2 is 2.07 bits per heavy atom. The van der Waals surface area contributed by atoms with Gasteiger partial charge in [-0.1, -0.05) is 33.1 Å². The van der Waals surface area contributed by atoms with Crippen LogP contribution in [0.25, 0.3) is 0 Å². The first kappa shape index (κ1) is 11.0. The van der Waals surface area contributed by atoms with Crippen molar-refractivity contribution in [2.75, 3.05) is 0 Å². The van der Waals surface area contributed by atoms with Crippen LogP contribution in [-0.4, -0.2) is 18.0 Å². The molecule has 1 aliphatic heterocycles. The average Bonchev–Trinajstić information content (AvgIpc) is 2.47. The molecule has 1 aliphatic rings. The fourth-order valence-corrected chi connectivity index (χ4v) is 1.84. The number of hydrogen-bond donors (Lipinski definition) is 2. The quantitative estimate of drug-likeness (QED) is 0.656. The molecule has 4 heteroatoms. The Morgan fingerprint density at radius 1 is 1.36 bits per heavy atom. The maximum Gasteiger partial charge on any atom is 0.322 e. The van der Waals surface area contributed by atoms with E-state index >= 15 is 0 Å². The van der Waals surface area contributed by atoms with E-state index in [-0.39, 0.29) is 23.9 Å². The van der Waals surface area contributed by atoms with Crippen molar-refractivity contribution in [2.45, 2.75) is 45.6 Å². The highest BCUT2D eigenvalue weighted by Gasteiger charge is 2.34. The Labute approximate surface area is 84.4 Å². The molecule has 2 atom stereocenters. The molecule has 2 N–H and O–H groups in total. The monoisotopic (exact) mass is 198 g/mol. The van der Waals surface area contributed by atoms with Gasteiger partial charge in [0.1, 0.15) is 6.04 Å². The van der Waals surface area contributed by atoms with Crippen LogP contribution in [0.15, 0.2) is 0 Å². The van der Waals surface area contributed by atoms with Crippen molar-refractivity contribution in [3.63, 3.8) is 0 Å². The van der Waals surface area contributed by atoms with E-state index in [0.717, 1.165) is 25.7 Å². The van der Waals surface area contributed by atoms with Gasteiger partial charge in [-0.15, -0.1) is 0 Å². The molecule has 0 radical (unpaired) electrons. The third-order valence-electron chi connectivity index (χ3n) is 2.73. The van der Waals surface area contributed by atoms with E-state index in [1.165, 1.54) is 0 Å². The van der Waals surface area contributed by atoms with Crippen molar-refractivity contribution in [1.82, 2.24) is 10.6 Å². The van der Waals surface area contributed by atoms with E-state index in [4.69, 9.17) is 0 Å². The van der Waals surface area contributed by atoms with E-state index in [1.807, 2.05) is 0 Å². The summed E-state index contributed by atoms with van der Waals surface area (Å²) in [5.74, 6) is 0.111. The summed E-state index contributed by atoms with van der Waals surface area (Å²) in [4.78, 5) is 22.3. The van der Waals surface area contributed by atoms with Gasteiger partial charge in [-0.05, 0) is 12.3 Å². The Kier molecular flexibility index (Phi) is 3.92. The molecule has 0 aromatic heterocycles. The molecule has 0 bridgehead atoms. The molecule has 3 amide bonds. The Bertz CT molecular complexity index is 228. The third kappa shape index (κ3) is 2.47. The number of hydrogen-bond acceptors (Lipinski definition) is 2. The van der Waals surface area contributed by atoms with E-state index in [9.17, 15) is 9.59 Å². The predicted molar refractivity (Wildman–Crippen MR) is 53.8 cm³/mol. The largest absolute Gasteiger partial charge is 0.326 e. The standard InChI is InChI=1S/C10H18N2O2/c1-3-5-6-7(4-2)8-9(13)12-10(14)11-8/h7-8H,3-6H2,1-2H3,(H2,11,12,13,14). The van der Waals surface area contributed by atoms with Crippen molar-refractivity contribution >= 4 is 11.9 Å². The molecule has 1 fully saturated rings. The van der Waals surface area contributed by atoms with Gasteiger partial charge in [-0.2, -0.15) is 0 Å². The number of carbonyl (C=O) groups excluding carboxylic acids is 2. The summed E-state index contributed by atoms with van der Waals surface area (Å²) in [6.07, 6.45) is 4.17. The lowest BCUT2D eigenvalue weighted by atomic mass is 9.91. The first-order valence-electron chi connectivity index (χ1n) is 5.30. The van der Waals surface area contributed by atoms with E-state index in [1.54, 1.807) is 0 Å². The zero-order valence-electron chi connectivity index (χ0n) is 8.80. The summed E-state index contributed by atoms with van der Waals surface area (Å²) in [5.41, 5.74) is 0. The minimum atomic E-state index is -0.352. The second-order valence-corrected chi connectivity index (χ2v) is 3.75. The second-order valence-electron chi connectivity index (χ2n) is 3.75. The first-order chi connectivity index (χ1) is 6.69. The zero-order chi connectivity index (χ0) is 10.6. The molecule has 4 nitrogen and oxygen atoms in total. The molecule has 2 unspecified atom stereocenters. The molecule has 1 rings (SSSR count). The van der Waals surface area contributed by atoms with Gasteiger partial charge in [0.2, 0.25) is 0 Å².